The predicted octanol–water partition coefficient (Wildman–Crippen LogP) is 4.27. The zero-order valence-corrected chi connectivity index (χ0v) is 15.4. The maximum atomic E-state index is 6.15. The molecule has 0 radical (unpaired) electrons. The van der Waals surface area contributed by atoms with Crippen molar-refractivity contribution in [3.63, 3.8) is 0 Å². The largest absolute Gasteiger partial charge is 0.490 e. The molecule has 0 bridgehead atoms. The van der Waals surface area contributed by atoms with Crippen LogP contribution in [0.25, 0.3) is 12.2 Å². The fourth-order valence-electron chi connectivity index (χ4n) is 2.40. The van der Waals surface area contributed by atoms with Crippen LogP contribution in [-0.2, 0) is 0 Å². The Hall–Kier alpha value is -1.33. The van der Waals surface area contributed by atoms with Gasteiger partial charge in [0.15, 0.2) is 0 Å². The number of aromatic nitrogens is 2. The smallest absolute Gasteiger partial charge is 0.138 e. The summed E-state index contributed by atoms with van der Waals surface area (Å²) in [5, 5.41) is 3.88. The molecule has 1 saturated heterocycles. The van der Waals surface area contributed by atoms with Gasteiger partial charge < -0.3 is 10.1 Å². The second-order valence-electron chi connectivity index (χ2n) is 5.27. The standard InChI is InChI=1S/C17H18ClN3O.2ClH/c18-17-14(4-3-13-5-8-19-9-6-13)10-16(11-21-17)22-12-15-2-1-7-20-15;;/h3-6,8-11,15,20H,1-2,7,12H2;2*1H/b4-3+;;/t15-;;/m0../s1. The van der Waals surface area contributed by atoms with Crippen LogP contribution >= 0.6 is 36.4 Å². The van der Waals surface area contributed by atoms with E-state index >= 15 is 0 Å². The molecule has 0 unspecified atom stereocenters. The molecule has 0 amide bonds. The van der Waals surface area contributed by atoms with Gasteiger partial charge in [0.25, 0.3) is 0 Å². The van der Waals surface area contributed by atoms with E-state index in [9.17, 15) is 0 Å². The summed E-state index contributed by atoms with van der Waals surface area (Å²) in [7, 11) is 0. The molecule has 1 atom stereocenters. The first-order chi connectivity index (χ1) is 10.8. The van der Waals surface area contributed by atoms with Crippen molar-refractivity contribution in [1.82, 2.24) is 15.3 Å². The Kier molecular flexibility index (Phi) is 9.08. The lowest BCUT2D eigenvalue weighted by molar-refractivity contribution is 0.276. The molecule has 4 nitrogen and oxygen atoms in total. The van der Waals surface area contributed by atoms with Crippen LogP contribution in [-0.4, -0.2) is 29.2 Å². The van der Waals surface area contributed by atoms with Crippen molar-refractivity contribution in [1.29, 1.82) is 0 Å². The zero-order valence-electron chi connectivity index (χ0n) is 13.0. The number of halogens is 3. The third-order valence-electron chi connectivity index (χ3n) is 3.62. The van der Waals surface area contributed by atoms with E-state index in [1.54, 1.807) is 18.6 Å². The summed E-state index contributed by atoms with van der Waals surface area (Å²) in [6.07, 6.45) is 11.5. The van der Waals surface area contributed by atoms with Crippen LogP contribution in [0.1, 0.15) is 24.0 Å². The maximum absolute atomic E-state index is 6.15. The summed E-state index contributed by atoms with van der Waals surface area (Å²) in [5.74, 6) is 0.743. The molecule has 1 N–H and O–H groups in total. The van der Waals surface area contributed by atoms with E-state index in [1.165, 1.54) is 6.42 Å². The molecule has 1 aliphatic rings. The van der Waals surface area contributed by atoms with Crippen LogP contribution in [0.15, 0.2) is 36.8 Å². The van der Waals surface area contributed by atoms with E-state index in [1.807, 2.05) is 30.4 Å². The topological polar surface area (TPSA) is 47.0 Å². The molecule has 3 heterocycles. The second kappa shape index (κ2) is 10.5. The van der Waals surface area contributed by atoms with Crippen LogP contribution in [0.5, 0.6) is 5.75 Å². The summed E-state index contributed by atoms with van der Waals surface area (Å²) in [6.45, 7) is 1.74. The average Bonchev–Trinajstić information content (AvgIpc) is 3.07. The Morgan fingerprint density at radius 1 is 1.25 bits per heavy atom. The normalized spacial score (nSPS) is 16.5. The van der Waals surface area contributed by atoms with Crippen molar-refractivity contribution in [2.24, 2.45) is 0 Å². The summed E-state index contributed by atoms with van der Waals surface area (Å²) in [6, 6.07) is 6.22. The van der Waals surface area contributed by atoms with E-state index in [2.05, 4.69) is 15.3 Å². The van der Waals surface area contributed by atoms with Crippen molar-refractivity contribution in [3.05, 3.63) is 53.1 Å². The zero-order chi connectivity index (χ0) is 15.2. The van der Waals surface area contributed by atoms with Gasteiger partial charge >= 0.3 is 0 Å². The van der Waals surface area contributed by atoms with Crippen LogP contribution in [0.2, 0.25) is 5.15 Å². The summed E-state index contributed by atoms with van der Waals surface area (Å²) >= 11 is 6.15. The molecule has 0 aliphatic carbocycles. The Balaban J connectivity index is 0.00000144. The molecule has 0 aromatic carbocycles. The van der Waals surface area contributed by atoms with Crippen molar-refractivity contribution in [2.75, 3.05) is 13.2 Å². The first-order valence-electron chi connectivity index (χ1n) is 7.41. The van der Waals surface area contributed by atoms with Gasteiger partial charge in [0.05, 0.1) is 6.20 Å². The SMILES string of the molecule is Cl.Cl.Clc1ncc(OC[C@@H]2CCCN2)cc1/C=C/c1ccncc1. The van der Waals surface area contributed by atoms with Crippen LogP contribution in [0, 0.1) is 0 Å². The Labute approximate surface area is 159 Å². The highest BCUT2D eigenvalue weighted by atomic mass is 35.5. The number of nitrogens with zero attached hydrogens (tertiary/aromatic N) is 2. The lowest BCUT2D eigenvalue weighted by atomic mass is 10.2. The molecule has 130 valence electrons. The van der Waals surface area contributed by atoms with Crippen LogP contribution in [0.4, 0.5) is 0 Å². The van der Waals surface area contributed by atoms with E-state index < -0.39 is 0 Å². The number of rotatable bonds is 5. The highest BCUT2D eigenvalue weighted by Gasteiger charge is 2.14. The number of nitrogens with one attached hydrogen (secondary N) is 1. The fraction of sp³-hybridized carbons (Fsp3) is 0.294. The number of ether oxygens (including phenoxy) is 1. The van der Waals surface area contributed by atoms with Crippen molar-refractivity contribution in [2.45, 2.75) is 18.9 Å². The van der Waals surface area contributed by atoms with Gasteiger partial charge in [0.2, 0.25) is 0 Å². The van der Waals surface area contributed by atoms with Crippen molar-refractivity contribution in [3.8, 4) is 5.75 Å². The Bertz CT molecular complexity index is 647. The third kappa shape index (κ3) is 5.95. The second-order valence-corrected chi connectivity index (χ2v) is 5.63. The minimum Gasteiger partial charge on any atom is -0.490 e. The quantitative estimate of drug-likeness (QED) is 0.777. The van der Waals surface area contributed by atoms with Crippen LogP contribution < -0.4 is 10.1 Å². The first kappa shape index (κ1) is 20.7. The van der Waals surface area contributed by atoms with Gasteiger partial charge in [-0.05, 0) is 43.1 Å². The van der Waals surface area contributed by atoms with Crippen molar-refractivity contribution < 1.29 is 4.74 Å². The number of hydrogen-bond acceptors (Lipinski definition) is 4. The summed E-state index contributed by atoms with van der Waals surface area (Å²) < 4.78 is 5.81. The van der Waals surface area contributed by atoms with E-state index in [0.717, 1.165) is 29.8 Å². The summed E-state index contributed by atoms with van der Waals surface area (Å²) in [4.78, 5) is 8.19. The van der Waals surface area contributed by atoms with Crippen molar-refractivity contribution >= 4 is 48.6 Å². The fourth-order valence-corrected chi connectivity index (χ4v) is 2.56. The van der Waals surface area contributed by atoms with E-state index in [-0.39, 0.29) is 24.8 Å². The molecule has 3 rings (SSSR count). The molecule has 24 heavy (non-hydrogen) atoms. The van der Waals surface area contributed by atoms with Gasteiger partial charge in [0.1, 0.15) is 17.5 Å². The molecular weight excluding hydrogens is 369 g/mol. The average molecular weight is 389 g/mol. The Morgan fingerprint density at radius 3 is 2.75 bits per heavy atom. The van der Waals surface area contributed by atoms with Gasteiger partial charge in [-0.1, -0.05) is 23.8 Å². The van der Waals surface area contributed by atoms with Gasteiger partial charge in [0, 0.05) is 24.0 Å². The minimum atomic E-state index is 0. The predicted molar refractivity (Wildman–Crippen MR) is 103 cm³/mol. The monoisotopic (exact) mass is 387 g/mol. The molecular formula is C17H20Cl3N3O. The molecule has 1 aliphatic heterocycles. The summed E-state index contributed by atoms with van der Waals surface area (Å²) in [5.41, 5.74) is 1.91. The van der Waals surface area contributed by atoms with E-state index in [4.69, 9.17) is 16.3 Å². The van der Waals surface area contributed by atoms with Gasteiger partial charge in [-0.3, -0.25) is 4.98 Å². The molecule has 2 aromatic heterocycles. The highest BCUT2D eigenvalue weighted by molar-refractivity contribution is 6.31. The molecule has 0 saturated carbocycles. The molecule has 0 spiro atoms. The molecule has 7 heteroatoms. The highest BCUT2D eigenvalue weighted by Crippen LogP contribution is 2.22. The Morgan fingerprint density at radius 2 is 2.04 bits per heavy atom. The third-order valence-corrected chi connectivity index (χ3v) is 3.93. The van der Waals surface area contributed by atoms with Gasteiger partial charge in [-0.15, -0.1) is 24.8 Å². The number of hydrogen-bond donors (Lipinski definition) is 1. The maximum Gasteiger partial charge on any atom is 0.138 e. The molecule has 1 fully saturated rings. The van der Waals surface area contributed by atoms with Gasteiger partial charge in [-0.25, -0.2) is 4.98 Å². The van der Waals surface area contributed by atoms with Gasteiger partial charge in [-0.2, -0.15) is 0 Å². The first-order valence-corrected chi connectivity index (χ1v) is 7.79. The lowest BCUT2D eigenvalue weighted by Gasteiger charge is -2.12. The van der Waals surface area contributed by atoms with E-state index in [0.29, 0.717) is 17.8 Å². The molecule has 2 aromatic rings. The minimum absolute atomic E-state index is 0. The lowest BCUT2D eigenvalue weighted by Crippen LogP contribution is -2.28. The van der Waals surface area contributed by atoms with Crippen LogP contribution in [0.3, 0.4) is 0 Å². The number of pyridine rings is 2.